The van der Waals surface area contributed by atoms with Crippen molar-refractivity contribution >= 4 is 45.7 Å². The number of carbonyl (C=O) groups is 2. The van der Waals surface area contributed by atoms with Crippen LogP contribution in [0.2, 0.25) is 0 Å². The van der Waals surface area contributed by atoms with Crippen LogP contribution in [0, 0.1) is 6.92 Å². The highest BCUT2D eigenvalue weighted by Gasteiger charge is 2.34. The van der Waals surface area contributed by atoms with Crippen LogP contribution in [0.1, 0.15) is 22.9 Å². The fourth-order valence-corrected chi connectivity index (χ4v) is 4.81. The van der Waals surface area contributed by atoms with Gasteiger partial charge in [-0.25, -0.2) is 0 Å². The molecule has 8 heteroatoms. The average molecular weight is 425 g/mol. The highest BCUT2D eigenvalue weighted by Crippen LogP contribution is 2.35. The van der Waals surface area contributed by atoms with E-state index in [4.69, 9.17) is 0 Å². The van der Waals surface area contributed by atoms with Crippen molar-refractivity contribution in [2.75, 3.05) is 22.5 Å². The molecular weight excluding hydrogens is 404 g/mol. The summed E-state index contributed by atoms with van der Waals surface area (Å²) in [4.78, 5) is 27.6. The Morgan fingerprint density at radius 1 is 1.17 bits per heavy atom. The zero-order chi connectivity index (χ0) is 20.2. The maximum Gasteiger partial charge on any atom is 0.236 e. The van der Waals surface area contributed by atoms with Crippen molar-refractivity contribution in [3.63, 3.8) is 0 Å². The number of rotatable bonds is 6. The molecule has 4 rings (SSSR count). The Morgan fingerprint density at radius 2 is 1.93 bits per heavy atom. The van der Waals surface area contributed by atoms with Crippen molar-refractivity contribution in [3.8, 4) is 0 Å². The quantitative estimate of drug-likeness (QED) is 0.603. The van der Waals surface area contributed by atoms with Gasteiger partial charge in [0.25, 0.3) is 0 Å². The molecule has 1 fully saturated rings. The molecule has 0 spiro atoms. The number of anilines is 2. The van der Waals surface area contributed by atoms with Crippen molar-refractivity contribution in [2.45, 2.75) is 24.2 Å². The van der Waals surface area contributed by atoms with E-state index in [2.05, 4.69) is 15.5 Å². The molecule has 1 aliphatic heterocycles. The number of hydrogen-bond acceptors (Lipinski definition) is 6. The second-order valence-corrected chi connectivity index (χ2v) is 8.85. The molecule has 1 aliphatic rings. The van der Waals surface area contributed by atoms with Gasteiger partial charge >= 0.3 is 0 Å². The third-order valence-electron chi connectivity index (χ3n) is 4.68. The Morgan fingerprint density at radius 3 is 2.72 bits per heavy atom. The van der Waals surface area contributed by atoms with E-state index < -0.39 is 0 Å². The lowest BCUT2D eigenvalue weighted by atomic mass is 10.1. The number of nitrogens with one attached hydrogen (secondary N) is 1. The number of aryl methyl sites for hydroxylation is 1. The van der Waals surface area contributed by atoms with Crippen molar-refractivity contribution < 1.29 is 9.59 Å². The fraction of sp³-hybridized carbons (Fsp3) is 0.238. The summed E-state index contributed by atoms with van der Waals surface area (Å²) in [6, 6.07) is 17.6. The van der Waals surface area contributed by atoms with E-state index in [9.17, 15) is 9.59 Å². The molecule has 6 nitrogen and oxygen atoms in total. The number of aromatic nitrogens is 2. The van der Waals surface area contributed by atoms with Gasteiger partial charge < -0.3 is 4.90 Å². The number of hydrogen-bond donors (Lipinski definition) is 1. The van der Waals surface area contributed by atoms with Gasteiger partial charge in [0, 0.05) is 29.5 Å². The van der Waals surface area contributed by atoms with Crippen molar-refractivity contribution in [2.24, 2.45) is 0 Å². The summed E-state index contributed by atoms with van der Waals surface area (Å²) >= 11 is 2.81. The van der Waals surface area contributed by atoms with Gasteiger partial charge in [0.05, 0.1) is 5.75 Å². The number of carbonyl (C=O) groups excluding carboxylic acids is 2. The molecule has 0 radical (unpaired) electrons. The highest BCUT2D eigenvalue weighted by atomic mass is 32.2. The van der Waals surface area contributed by atoms with E-state index in [1.165, 1.54) is 23.1 Å². The second kappa shape index (κ2) is 8.75. The number of nitrogens with zero attached hydrogens (tertiary/aromatic N) is 3. The number of benzene rings is 2. The van der Waals surface area contributed by atoms with E-state index in [0.29, 0.717) is 23.8 Å². The molecule has 148 valence electrons. The minimum absolute atomic E-state index is 0.0102. The minimum atomic E-state index is -0.120. The van der Waals surface area contributed by atoms with Crippen molar-refractivity contribution in [1.29, 1.82) is 0 Å². The van der Waals surface area contributed by atoms with E-state index >= 15 is 0 Å². The van der Waals surface area contributed by atoms with Crippen LogP contribution in [0.3, 0.4) is 0 Å². The van der Waals surface area contributed by atoms with Gasteiger partial charge in [-0.05, 0) is 30.7 Å². The van der Waals surface area contributed by atoms with Crippen LogP contribution >= 0.6 is 23.1 Å². The molecule has 2 aromatic carbocycles. The molecule has 0 saturated carbocycles. The first-order chi connectivity index (χ1) is 14.1. The summed E-state index contributed by atoms with van der Waals surface area (Å²) in [5.41, 5.74) is 2.01. The molecule has 0 unspecified atom stereocenters. The van der Waals surface area contributed by atoms with Gasteiger partial charge in [0.2, 0.25) is 16.9 Å². The summed E-state index contributed by atoms with van der Waals surface area (Å²) in [7, 11) is 0. The largest absolute Gasteiger partial charge is 0.311 e. The molecule has 0 bridgehead atoms. The van der Waals surface area contributed by atoms with Crippen LogP contribution < -0.4 is 10.2 Å². The summed E-state index contributed by atoms with van der Waals surface area (Å²) in [5.74, 6) is 0.265. The lowest BCUT2D eigenvalue weighted by Gasteiger charge is -2.18. The maximum absolute atomic E-state index is 12.5. The smallest absolute Gasteiger partial charge is 0.236 e. The van der Waals surface area contributed by atoms with Crippen molar-refractivity contribution in [3.05, 3.63) is 65.2 Å². The monoisotopic (exact) mass is 424 g/mol. The van der Waals surface area contributed by atoms with E-state index in [0.717, 1.165) is 21.2 Å². The molecule has 1 aromatic heterocycles. The van der Waals surface area contributed by atoms with Crippen molar-refractivity contribution in [1.82, 2.24) is 10.2 Å². The standard InChI is InChI=1S/C21H20N4O2S2/c1-14-7-5-6-10-17(14)25-12-15(11-19(25)27)20-23-24-21(29-20)22-18(26)13-28-16-8-3-2-4-9-16/h2-10,15H,11-13H2,1H3,(H,22,24,26)/t15-/m1/s1. The average Bonchev–Trinajstić information content (AvgIpc) is 3.34. The molecule has 2 heterocycles. The Labute approximate surface area is 177 Å². The first-order valence-corrected chi connectivity index (χ1v) is 11.1. The summed E-state index contributed by atoms with van der Waals surface area (Å²) < 4.78 is 0. The first kappa shape index (κ1) is 19.6. The molecule has 0 aliphatic carbocycles. The van der Waals surface area contributed by atoms with Crippen LogP contribution in [-0.2, 0) is 9.59 Å². The van der Waals surface area contributed by atoms with Gasteiger partial charge in [0.15, 0.2) is 0 Å². The summed E-state index contributed by atoms with van der Waals surface area (Å²) in [6.07, 6.45) is 0.404. The number of para-hydroxylation sites is 1. The molecule has 1 N–H and O–H groups in total. The normalized spacial score (nSPS) is 16.2. The van der Waals surface area contributed by atoms with Gasteiger partial charge in [0.1, 0.15) is 5.01 Å². The van der Waals surface area contributed by atoms with Crippen LogP contribution in [-0.4, -0.2) is 34.3 Å². The van der Waals surface area contributed by atoms with Gasteiger partial charge in [-0.15, -0.1) is 22.0 Å². The van der Waals surface area contributed by atoms with Gasteiger partial charge in [-0.2, -0.15) is 0 Å². The van der Waals surface area contributed by atoms with Crippen LogP contribution in [0.25, 0.3) is 0 Å². The fourth-order valence-electron chi connectivity index (χ4n) is 3.24. The van der Waals surface area contributed by atoms with Crippen LogP contribution in [0.4, 0.5) is 10.8 Å². The molecule has 2 amide bonds. The predicted molar refractivity (Wildman–Crippen MR) is 117 cm³/mol. The lowest BCUT2D eigenvalue weighted by molar-refractivity contribution is -0.117. The Balaban J connectivity index is 1.36. The Bertz CT molecular complexity index is 1020. The van der Waals surface area contributed by atoms with E-state index in [1.807, 2.05) is 66.4 Å². The van der Waals surface area contributed by atoms with Crippen LogP contribution in [0.5, 0.6) is 0 Å². The zero-order valence-corrected chi connectivity index (χ0v) is 17.5. The third-order valence-corrected chi connectivity index (χ3v) is 6.69. The van der Waals surface area contributed by atoms with E-state index in [-0.39, 0.29) is 17.7 Å². The SMILES string of the molecule is Cc1ccccc1N1C[C@H](c2nnc(NC(=O)CSc3ccccc3)s2)CC1=O. The number of thioether (sulfide) groups is 1. The lowest BCUT2D eigenvalue weighted by Crippen LogP contribution is -2.25. The predicted octanol–water partition coefficient (Wildman–Crippen LogP) is 4.10. The molecular formula is C21H20N4O2S2. The molecule has 3 aromatic rings. The molecule has 1 atom stereocenters. The molecule has 29 heavy (non-hydrogen) atoms. The number of amides is 2. The van der Waals surface area contributed by atoms with E-state index in [1.54, 1.807) is 0 Å². The Kier molecular flexibility index (Phi) is 5.92. The Hall–Kier alpha value is -2.71. The van der Waals surface area contributed by atoms with Crippen LogP contribution in [0.15, 0.2) is 59.5 Å². The second-order valence-electron chi connectivity index (χ2n) is 6.79. The maximum atomic E-state index is 12.5. The highest BCUT2D eigenvalue weighted by molar-refractivity contribution is 8.00. The van der Waals surface area contributed by atoms with Gasteiger partial charge in [-0.1, -0.05) is 47.7 Å². The summed E-state index contributed by atoms with van der Waals surface area (Å²) in [5, 5.41) is 12.4. The zero-order valence-electron chi connectivity index (χ0n) is 15.9. The first-order valence-electron chi connectivity index (χ1n) is 9.27. The minimum Gasteiger partial charge on any atom is -0.311 e. The third kappa shape index (κ3) is 4.65. The topological polar surface area (TPSA) is 75.2 Å². The summed E-state index contributed by atoms with van der Waals surface area (Å²) in [6.45, 7) is 2.58. The molecule has 1 saturated heterocycles. The van der Waals surface area contributed by atoms with Gasteiger partial charge in [-0.3, -0.25) is 14.9 Å².